The van der Waals surface area contributed by atoms with Gasteiger partial charge in [-0.2, -0.15) is 4.52 Å². The Hall–Kier alpha value is -2.49. The van der Waals surface area contributed by atoms with E-state index in [0.717, 1.165) is 0 Å². The zero-order valence-electron chi connectivity index (χ0n) is 8.30. The highest BCUT2D eigenvalue weighted by Crippen LogP contribution is 2.05. The number of hydrogen-bond acceptors (Lipinski definition) is 7. The molecule has 0 unspecified atom stereocenters. The molecule has 3 rings (SSSR count). The molecule has 2 N–H and O–H groups in total. The van der Waals surface area contributed by atoms with Crippen LogP contribution in [0.2, 0.25) is 0 Å². The largest absolute Gasteiger partial charge is 0.387 e. The third-order valence-corrected chi connectivity index (χ3v) is 2.22. The quantitative estimate of drug-likeness (QED) is 0.558. The molecule has 0 bridgehead atoms. The predicted molar refractivity (Wildman–Crippen MR) is 59.4 cm³/mol. The van der Waals surface area contributed by atoms with Gasteiger partial charge in [-0.25, -0.2) is 9.67 Å². The molecule has 0 aliphatic heterocycles. The Morgan fingerprint density at radius 2 is 2.24 bits per heavy atom. The first-order valence-electron chi connectivity index (χ1n) is 4.49. The fourth-order valence-corrected chi connectivity index (χ4v) is 1.40. The minimum absolute atomic E-state index is 0.126. The molecule has 0 fully saturated rings. The first kappa shape index (κ1) is 9.72. The van der Waals surface area contributed by atoms with Gasteiger partial charge >= 0.3 is 0 Å². The highest BCUT2D eigenvalue weighted by molar-refractivity contribution is 7.80. The van der Waals surface area contributed by atoms with Crippen LogP contribution in [0.3, 0.4) is 0 Å². The summed E-state index contributed by atoms with van der Waals surface area (Å²) in [4.78, 5) is 8.08. The van der Waals surface area contributed by atoms with Crippen molar-refractivity contribution in [2.24, 2.45) is 5.73 Å². The molecule has 0 atom stereocenters. The number of rotatable bonds is 2. The lowest BCUT2D eigenvalue weighted by Gasteiger charge is -2.00. The zero-order valence-corrected chi connectivity index (χ0v) is 9.11. The van der Waals surface area contributed by atoms with Crippen LogP contribution in [0, 0.1) is 0 Å². The molecule has 0 aliphatic rings. The van der Waals surface area contributed by atoms with Crippen molar-refractivity contribution in [3.63, 3.8) is 0 Å². The number of nitrogens with zero attached hydrogens (tertiary/aromatic N) is 8. The van der Waals surface area contributed by atoms with E-state index in [1.807, 2.05) is 0 Å². The van der Waals surface area contributed by atoms with E-state index in [0.29, 0.717) is 11.5 Å². The van der Waals surface area contributed by atoms with E-state index in [9.17, 15) is 0 Å². The molecule has 0 radical (unpaired) electrons. The summed E-state index contributed by atoms with van der Waals surface area (Å²) in [5.74, 6) is 0.826. The highest BCUT2D eigenvalue weighted by atomic mass is 32.1. The Bertz CT molecular complexity index is 698. The summed E-state index contributed by atoms with van der Waals surface area (Å²) in [6.07, 6.45) is 4.56. The van der Waals surface area contributed by atoms with Crippen LogP contribution >= 0.6 is 12.2 Å². The molecule has 0 saturated carbocycles. The van der Waals surface area contributed by atoms with Crippen molar-refractivity contribution < 1.29 is 0 Å². The molecule has 0 saturated heterocycles. The second-order valence-corrected chi connectivity index (χ2v) is 3.53. The lowest BCUT2D eigenvalue weighted by Crippen LogP contribution is -2.12. The van der Waals surface area contributed by atoms with Gasteiger partial charge in [0.25, 0.3) is 0 Å². The number of aromatic nitrogens is 8. The average molecular weight is 247 g/mol. The van der Waals surface area contributed by atoms with Crippen molar-refractivity contribution in [2.75, 3.05) is 0 Å². The van der Waals surface area contributed by atoms with Crippen LogP contribution in [0.5, 0.6) is 0 Å². The van der Waals surface area contributed by atoms with Crippen molar-refractivity contribution in [1.82, 2.24) is 39.8 Å². The van der Waals surface area contributed by atoms with Crippen LogP contribution in [-0.4, -0.2) is 44.8 Å². The van der Waals surface area contributed by atoms with Gasteiger partial charge in [-0.3, -0.25) is 4.98 Å². The maximum atomic E-state index is 5.43. The maximum absolute atomic E-state index is 5.43. The minimum Gasteiger partial charge on any atom is -0.387 e. The summed E-state index contributed by atoms with van der Waals surface area (Å²) in [7, 11) is 0. The molecule has 3 aromatic heterocycles. The van der Waals surface area contributed by atoms with Crippen molar-refractivity contribution in [1.29, 1.82) is 0 Å². The second-order valence-electron chi connectivity index (χ2n) is 3.09. The topological polar surface area (TPSA) is 113 Å². The van der Waals surface area contributed by atoms with Crippen LogP contribution in [0.4, 0.5) is 0 Å². The number of thiocarbonyl (C=S) groups is 1. The SMILES string of the molecule is NC(=S)c1ncn(-c2cncc3nnnn23)n1. The van der Waals surface area contributed by atoms with Gasteiger partial charge in [0.15, 0.2) is 11.5 Å². The Balaban J connectivity index is 2.19. The van der Waals surface area contributed by atoms with Gasteiger partial charge in [-0.15, -0.1) is 10.2 Å². The van der Waals surface area contributed by atoms with E-state index >= 15 is 0 Å². The Kier molecular flexibility index (Phi) is 2.01. The molecule has 84 valence electrons. The van der Waals surface area contributed by atoms with Gasteiger partial charge < -0.3 is 5.73 Å². The minimum atomic E-state index is 0.126. The number of hydrogen-bond donors (Lipinski definition) is 1. The smallest absolute Gasteiger partial charge is 0.208 e. The van der Waals surface area contributed by atoms with Gasteiger partial charge in [0.1, 0.15) is 11.3 Å². The van der Waals surface area contributed by atoms with Gasteiger partial charge in [-0.05, 0) is 10.4 Å². The first-order chi connectivity index (χ1) is 8.25. The Morgan fingerprint density at radius 1 is 1.35 bits per heavy atom. The molecule has 9 nitrogen and oxygen atoms in total. The highest BCUT2D eigenvalue weighted by Gasteiger charge is 2.09. The normalized spacial score (nSPS) is 10.8. The van der Waals surface area contributed by atoms with Crippen molar-refractivity contribution in [3.05, 3.63) is 24.5 Å². The van der Waals surface area contributed by atoms with Crippen molar-refractivity contribution in [3.8, 4) is 5.82 Å². The van der Waals surface area contributed by atoms with E-state index in [1.165, 1.54) is 21.7 Å². The fraction of sp³-hybridized carbons (Fsp3) is 0. The first-order valence-corrected chi connectivity index (χ1v) is 4.90. The van der Waals surface area contributed by atoms with E-state index in [2.05, 4.69) is 30.6 Å². The van der Waals surface area contributed by atoms with Crippen LogP contribution in [0.1, 0.15) is 5.82 Å². The summed E-state index contributed by atoms with van der Waals surface area (Å²) in [6, 6.07) is 0. The number of tetrazole rings is 1. The summed E-state index contributed by atoms with van der Waals surface area (Å²) in [5, 5.41) is 15.2. The third-order valence-electron chi connectivity index (χ3n) is 2.04. The van der Waals surface area contributed by atoms with Crippen LogP contribution in [0.15, 0.2) is 18.7 Å². The third kappa shape index (κ3) is 1.50. The second kappa shape index (κ2) is 3.52. The average Bonchev–Trinajstić information content (AvgIpc) is 2.97. The molecule has 3 heterocycles. The molecular formula is C7H5N9S. The standard InChI is InChI=1S/C7H5N9S/c8-6(17)7-10-3-15(12-7)5-2-9-1-4-11-13-14-16(4)5/h1-3H,(H2,8,17). The Labute approximate surface area is 99.3 Å². The van der Waals surface area contributed by atoms with Gasteiger partial charge in [0, 0.05) is 0 Å². The van der Waals surface area contributed by atoms with Crippen LogP contribution in [0.25, 0.3) is 11.5 Å². The molecule has 0 amide bonds. The predicted octanol–water partition coefficient (Wildman–Crippen LogP) is -1.27. The summed E-state index contributed by atoms with van der Waals surface area (Å²) in [6.45, 7) is 0. The monoisotopic (exact) mass is 247 g/mol. The molecule has 0 spiro atoms. The van der Waals surface area contributed by atoms with Gasteiger partial charge in [0.2, 0.25) is 5.82 Å². The van der Waals surface area contributed by atoms with E-state index < -0.39 is 0 Å². The van der Waals surface area contributed by atoms with E-state index in [-0.39, 0.29) is 10.8 Å². The van der Waals surface area contributed by atoms with Crippen LogP contribution < -0.4 is 5.73 Å². The molecule has 3 aromatic rings. The molecule has 17 heavy (non-hydrogen) atoms. The Morgan fingerprint density at radius 3 is 3.00 bits per heavy atom. The van der Waals surface area contributed by atoms with Gasteiger partial charge in [0.05, 0.1) is 12.4 Å². The lowest BCUT2D eigenvalue weighted by molar-refractivity contribution is 0.744. The van der Waals surface area contributed by atoms with E-state index in [1.54, 1.807) is 6.20 Å². The van der Waals surface area contributed by atoms with Crippen molar-refractivity contribution in [2.45, 2.75) is 0 Å². The molecule has 0 aromatic carbocycles. The summed E-state index contributed by atoms with van der Waals surface area (Å²) >= 11 is 4.78. The number of nitrogens with two attached hydrogens (primary N) is 1. The molecule has 0 aliphatic carbocycles. The lowest BCUT2D eigenvalue weighted by atomic mass is 10.6. The fourth-order valence-electron chi connectivity index (χ4n) is 1.31. The molecule has 10 heteroatoms. The number of fused-ring (bicyclic) bond motifs is 1. The zero-order chi connectivity index (χ0) is 11.8. The van der Waals surface area contributed by atoms with E-state index in [4.69, 9.17) is 18.0 Å². The molecular weight excluding hydrogens is 242 g/mol. The maximum Gasteiger partial charge on any atom is 0.208 e. The van der Waals surface area contributed by atoms with Crippen LogP contribution in [-0.2, 0) is 0 Å². The summed E-state index contributed by atoms with van der Waals surface area (Å²) < 4.78 is 2.93. The van der Waals surface area contributed by atoms with Gasteiger partial charge in [-0.1, -0.05) is 12.2 Å². The summed E-state index contributed by atoms with van der Waals surface area (Å²) in [5.41, 5.74) is 5.94. The van der Waals surface area contributed by atoms with Crippen molar-refractivity contribution >= 4 is 22.9 Å².